The molecule has 0 saturated carbocycles. The van der Waals surface area contributed by atoms with Gasteiger partial charge in [-0.2, -0.15) is 0 Å². The molecule has 0 radical (unpaired) electrons. The number of rotatable bonds is 75. The van der Waals surface area contributed by atoms with Crippen molar-refractivity contribution in [1.29, 1.82) is 0 Å². The first kappa shape index (κ1) is 95.1. The first-order valence-electron chi connectivity index (χ1n) is 40.3. The zero-order valence-electron chi connectivity index (χ0n) is 63.7. The predicted molar refractivity (Wildman–Crippen MR) is 395 cm³/mol. The van der Waals surface area contributed by atoms with E-state index in [1.54, 1.807) is 0 Å². The zero-order chi connectivity index (χ0) is 71.7. The van der Waals surface area contributed by atoms with Crippen LogP contribution in [0, 0.1) is 23.7 Å². The van der Waals surface area contributed by atoms with E-state index in [1.165, 1.54) is 193 Å². The Morgan fingerprint density at radius 2 is 0.495 bits per heavy atom. The lowest BCUT2D eigenvalue weighted by molar-refractivity contribution is -0.161. The molecule has 0 saturated heterocycles. The van der Waals surface area contributed by atoms with Crippen LogP contribution in [-0.4, -0.2) is 96.7 Å². The number of unbranched alkanes of at least 4 members (excludes halogenated alkanes) is 39. The van der Waals surface area contributed by atoms with Gasteiger partial charge in [0.1, 0.15) is 19.3 Å². The fraction of sp³-hybridized carbons (Fsp3) is 0.949. The van der Waals surface area contributed by atoms with Gasteiger partial charge in [0.05, 0.1) is 26.4 Å². The highest BCUT2D eigenvalue weighted by atomic mass is 31.2. The van der Waals surface area contributed by atoms with E-state index in [4.69, 9.17) is 37.0 Å². The van der Waals surface area contributed by atoms with Crippen LogP contribution in [0.2, 0.25) is 0 Å². The molecule has 0 aliphatic rings. The average Bonchev–Trinajstić information content (AvgIpc) is 1.39. The van der Waals surface area contributed by atoms with E-state index in [-0.39, 0.29) is 25.7 Å². The Labute approximate surface area is 594 Å². The molecular weight excluding hydrogens is 1270 g/mol. The lowest BCUT2D eigenvalue weighted by atomic mass is 9.99. The summed E-state index contributed by atoms with van der Waals surface area (Å²) >= 11 is 0. The van der Waals surface area contributed by atoms with E-state index in [0.29, 0.717) is 31.6 Å². The number of hydrogen-bond acceptors (Lipinski definition) is 15. The minimum absolute atomic E-state index is 0.102. The molecule has 7 atom stereocenters. The normalized spacial score (nSPS) is 14.6. The van der Waals surface area contributed by atoms with Crippen LogP contribution >= 0.6 is 15.6 Å². The Bertz CT molecular complexity index is 1910. The van der Waals surface area contributed by atoms with Gasteiger partial charge in [-0.05, 0) is 49.4 Å². The van der Waals surface area contributed by atoms with Crippen molar-refractivity contribution in [2.75, 3.05) is 39.6 Å². The summed E-state index contributed by atoms with van der Waals surface area (Å²) in [5.41, 5.74) is 0. The van der Waals surface area contributed by atoms with E-state index in [0.717, 1.165) is 114 Å². The number of aliphatic hydroxyl groups is 1. The molecule has 0 amide bonds. The second-order valence-corrected chi connectivity index (χ2v) is 32.4. The second kappa shape index (κ2) is 67.2. The maximum atomic E-state index is 13.1. The van der Waals surface area contributed by atoms with E-state index in [9.17, 15) is 43.2 Å². The summed E-state index contributed by atoms with van der Waals surface area (Å²) in [4.78, 5) is 72.8. The van der Waals surface area contributed by atoms with Gasteiger partial charge in [0.15, 0.2) is 12.2 Å². The quantitative estimate of drug-likeness (QED) is 0.0222. The van der Waals surface area contributed by atoms with E-state index in [2.05, 4.69) is 55.4 Å². The largest absolute Gasteiger partial charge is 0.472 e. The summed E-state index contributed by atoms with van der Waals surface area (Å²) in [5.74, 6) is 0.937. The monoisotopic (exact) mass is 1420 g/mol. The minimum atomic E-state index is -4.96. The molecule has 19 heteroatoms. The van der Waals surface area contributed by atoms with Gasteiger partial charge in [-0.3, -0.25) is 37.3 Å². The van der Waals surface area contributed by atoms with E-state index in [1.807, 2.05) is 0 Å². The molecule has 17 nitrogen and oxygen atoms in total. The van der Waals surface area contributed by atoms with Crippen LogP contribution in [0.3, 0.4) is 0 Å². The first-order chi connectivity index (χ1) is 46.7. The van der Waals surface area contributed by atoms with Gasteiger partial charge in [-0.15, -0.1) is 0 Å². The number of phosphoric acid groups is 2. The molecule has 0 rings (SSSR count). The van der Waals surface area contributed by atoms with Crippen molar-refractivity contribution in [3.8, 4) is 0 Å². The molecule has 576 valence electrons. The van der Waals surface area contributed by atoms with Crippen LogP contribution in [0.15, 0.2) is 0 Å². The maximum Gasteiger partial charge on any atom is 0.472 e. The van der Waals surface area contributed by atoms with Crippen LogP contribution in [0.25, 0.3) is 0 Å². The van der Waals surface area contributed by atoms with Gasteiger partial charge in [-0.1, -0.05) is 344 Å². The molecule has 0 aliphatic heterocycles. The molecule has 0 fully saturated rings. The number of ether oxygens (including phenoxy) is 4. The number of carbonyl (C=O) groups is 4. The zero-order valence-corrected chi connectivity index (χ0v) is 65.5. The van der Waals surface area contributed by atoms with Gasteiger partial charge in [0.2, 0.25) is 0 Å². The fourth-order valence-electron chi connectivity index (χ4n) is 11.8. The average molecular weight is 1420 g/mol. The Morgan fingerprint density at radius 1 is 0.289 bits per heavy atom. The standard InChI is InChI=1S/C78H152O17P2/c1-9-70(7)56-48-40-31-27-23-19-15-13-11-12-14-16-20-25-29-33-44-52-60-77(82)94-73(65-89-76(81)59-51-43-37-35-41-49-57-71(8)10-2)66-92-96(84,85)90-62-72(79)63-91-97(86,87)93-67-74(95-78(83)61-53-45-36-34-39-47-55-69(5)6)64-88-75(80)58-50-42-32-28-24-21-17-18-22-26-30-38-46-54-68(3)4/h68-74,79H,9-67H2,1-8H3,(H,84,85)(H,86,87)/t70?,71?,72-,73+,74+/m0/s1. The molecule has 0 bridgehead atoms. The third-order valence-electron chi connectivity index (χ3n) is 18.8. The molecular formula is C78H152O17P2. The highest BCUT2D eigenvalue weighted by molar-refractivity contribution is 7.47. The number of hydrogen-bond donors (Lipinski definition) is 3. The highest BCUT2D eigenvalue weighted by Gasteiger charge is 2.30. The molecule has 0 aromatic carbocycles. The molecule has 0 aliphatic carbocycles. The molecule has 0 spiro atoms. The van der Waals surface area contributed by atoms with Gasteiger partial charge < -0.3 is 33.8 Å². The van der Waals surface area contributed by atoms with Crippen LogP contribution in [0.5, 0.6) is 0 Å². The van der Waals surface area contributed by atoms with E-state index < -0.39 is 97.5 Å². The fourth-order valence-corrected chi connectivity index (χ4v) is 13.4. The summed E-state index contributed by atoms with van der Waals surface area (Å²) in [5, 5.41) is 10.6. The Balaban J connectivity index is 5.13. The third-order valence-corrected chi connectivity index (χ3v) is 20.7. The van der Waals surface area contributed by atoms with E-state index >= 15 is 0 Å². The molecule has 0 aromatic heterocycles. The van der Waals surface area contributed by atoms with Crippen LogP contribution in [-0.2, 0) is 65.4 Å². The number of esters is 4. The Kier molecular flexibility index (Phi) is 65.9. The highest BCUT2D eigenvalue weighted by Crippen LogP contribution is 2.45. The second-order valence-electron chi connectivity index (χ2n) is 29.5. The van der Waals surface area contributed by atoms with Gasteiger partial charge in [0, 0.05) is 25.7 Å². The van der Waals surface area contributed by atoms with Crippen LogP contribution in [0.4, 0.5) is 0 Å². The van der Waals surface area contributed by atoms with Crippen molar-refractivity contribution in [3.63, 3.8) is 0 Å². The summed E-state index contributed by atoms with van der Waals surface area (Å²) in [6, 6.07) is 0. The van der Waals surface area contributed by atoms with Crippen molar-refractivity contribution < 1.29 is 80.2 Å². The number of phosphoric ester groups is 2. The summed E-state index contributed by atoms with van der Waals surface area (Å²) < 4.78 is 68.5. The molecule has 0 aromatic rings. The minimum Gasteiger partial charge on any atom is -0.462 e. The van der Waals surface area contributed by atoms with Gasteiger partial charge in [0.25, 0.3) is 0 Å². The molecule has 97 heavy (non-hydrogen) atoms. The molecule has 3 N–H and O–H groups in total. The van der Waals surface area contributed by atoms with Gasteiger partial charge >= 0.3 is 39.5 Å². The Morgan fingerprint density at radius 3 is 0.732 bits per heavy atom. The lowest BCUT2D eigenvalue weighted by Gasteiger charge is -2.21. The maximum absolute atomic E-state index is 13.1. The van der Waals surface area contributed by atoms with Gasteiger partial charge in [-0.25, -0.2) is 9.13 Å². The number of aliphatic hydroxyl groups excluding tert-OH is 1. The van der Waals surface area contributed by atoms with Crippen molar-refractivity contribution in [3.05, 3.63) is 0 Å². The summed E-state index contributed by atoms with van der Waals surface area (Å²) in [7, 11) is -9.91. The molecule has 0 heterocycles. The van der Waals surface area contributed by atoms with Crippen molar-refractivity contribution in [1.82, 2.24) is 0 Å². The lowest BCUT2D eigenvalue weighted by Crippen LogP contribution is -2.30. The predicted octanol–water partition coefficient (Wildman–Crippen LogP) is 22.8. The first-order valence-corrected chi connectivity index (χ1v) is 43.3. The summed E-state index contributed by atoms with van der Waals surface area (Å²) in [6.07, 6.45) is 53.1. The molecule has 4 unspecified atom stereocenters. The van der Waals surface area contributed by atoms with Crippen molar-refractivity contribution in [2.45, 2.75) is 414 Å². The topological polar surface area (TPSA) is 237 Å². The third kappa shape index (κ3) is 69.5. The SMILES string of the molecule is CCC(C)CCCCCCCCCCCCCCCCCCCCC(=O)O[C@H](COC(=O)CCCCCCCCC(C)CC)COP(=O)(O)OC[C@H](O)COP(=O)(O)OC[C@@H](COC(=O)CCCCCCCCCCCCCCCC(C)C)OC(=O)CCCCCCCCC(C)C. The van der Waals surface area contributed by atoms with Crippen molar-refractivity contribution >= 4 is 39.5 Å². The van der Waals surface area contributed by atoms with Crippen molar-refractivity contribution in [2.24, 2.45) is 23.7 Å². The summed E-state index contributed by atoms with van der Waals surface area (Å²) in [6.45, 7) is 14.2. The number of carbonyl (C=O) groups excluding carboxylic acids is 4. The van der Waals surface area contributed by atoms with Crippen LogP contribution in [0.1, 0.15) is 396 Å². The Hall–Kier alpha value is -1.94. The van der Waals surface area contributed by atoms with Crippen LogP contribution < -0.4 is 0 Å². The smallest absolute Gasteiger partial charge is 0.462 e.